The Hall–Kier alpha value is -1.66. The summed E-state index contributed by atoms with van der Waals surface area (Å²) < 4.78 is 6.36. The fourth-order valence-corrected chi connectivity index (χ4v) is 5.24. The molecule has 138 valence electrons. The third-order valence-corrected chi connectivity index (χ3v) is 6.69. The van der Waals surface area contributed by atoms with Gasteiger partial charge in [-0.25, -0.2) is 0 Å². The predicted molar refractivity (Wildman–Crippen MR) is 94.7 cm³/mol. The lowest BCUT2D eigenvalue weighted by Crippen LogP contribution is -2.41. The average molecular weight is 376 g/mol. The number of ether oxygens (including phenoxy) is 1. The third-order valence-electron chi connectivity index (χ3n) is 6.49. The van der Waals surface area contributed by atoms with E-state index in [4.69, 9.17) is 16.3 Å². The zero-order valence-electron chi connectivity index (χ0n) is 14.5. The number of pyridine rings is 1. The molecule has 0 unspecified atom stereocenters. The maximum atomic E-state index is 12.5. The third kappa shape index (κ3) is 2.62. The minimum atomic E-state index is -0.178. The highest BCUT2D eigenvalue weighted by molar-refractivity contribution is 6.30. The summed E-state index contributed by atoms with van der Waals surface area (Å²) in [6, 6.07) is 1.62. The fourth-order valence-electron chi connectivity index (χ4n) is 5.07. The molecule has 0 aromatic carbocycles. The van der Waals surface area contributed by atoms with E-state index in [0.717, 1.165) is 38.8 Å². The molecular formula is C19H22ClN3O3. The normalized spacial score (nSPS) is 34.8. The largest absolute Gasteiger partial charge is 0.369 e. The second-order valence-corrected chi connectivity index (χ2v) is 8.56. The molecule has 26 heavy (non-hydrogen) atoms. The number of fused-ring (bicyclic) bond motifs is 1. The summed E-state index contributed by atoms with van der Waals surface area (Å²) in [4.78, 5) is 30.9. The molecule has 1 aromatic rings. The van der Waals surface area contributed by atoms with E-state index in [1.54, 1.807) is 6.07 Å². The van der Waals surface area contributed by atoms with Crippen LogP contribution in [0.3, 0.4) is 0 Å². The number of nitrogens with zero attached hydrogens (tertiary/aromatic N) is 2. The number of aromatic nitrogens is 1. The van der Waals surface area contributed by atoms with Crippen molar-refractivity contribution in [3.63, 3.8) is 0 Å². The highest BCUT2D eigenvalue weighted by atomic mass is 35.5. The number of carbonyl (C=O) groups is 2. The molecule has 1 spiro atoms. The quantitative estimate of drug-likeness (QED) is 0.872. The van der Waals surface area contributed by atoms with Crippen LogP contribution < -0.4 is 5.32 Å². The minimum Gasteiger partial charge on any atom is -0.369 e. The van der Waals surface area contributed by atoms with Gasteiger partial charge in [-0.15, -0.1) is 0 Å². The molecule has 1 aromatic heterocycles. The van der Waals surface area contributed by atoms with Crippen molar-refractivity contribution in [2.24, 2.45) is 17.8 Å². The number of halogens is 1. The van der Waals surface area contributed by atoms with Gasteiger partial charge in [-0.3, -0.25) is 14.6 Å². The molecule has 2 bridgehead atoms. The molecule has 4 atom stereocenters. The molecule has 1 saturated carbocycles. The van der Waals surface area contributed by atoms with Crippen LogP contribution in [0, 0.1) is 17.8 Å². The van der Waals surface area contributed by atoms with Crippen LogP contribution in [0.1, 0.15) is 36.0 Å². The zero-order valence-corrected chi connectivity index (χ0v) is 15.2. The first-order chi connectivity index (χ1) is 12.6. The van der Waals surface area contributed by atoms with Crippen molar-refractivity contribution in [3.8, 4) is 0 Å². The van der Waals surface area contributed by atoms with Gasteiger partial charge in [-0.05, 0) is 31.7 Å². The summed E-state index contributed by atoms with van der Waals surface area (Å²) in [7, 11) is 0. The average Bonchev–Trinajstić information content (AvgIpc) is 3.21. The van der Waals surface area contributed by atoms with E-state index in [1.165, 1.54) is 12.4 Å². The number of carbonyl (C=O) groups excluding carboxylic acids is 2. The van der Waals surface area contributed by atoms with Gasteiger partial charge in [0.05, 0.1) is 28.8 Å². The lowest BCUT2D eigenvalue weighted by Gasteiger charge is -2.29. The van der Waals surface area contributed by atoms with Crippen LogP contribution in [0.2, 0.25) is 5.02 Å². The Morgan fingerprint density at radius 1 is 1.35 bits per heavy atom. The van der Waals surface area contributed by atoms with Crippen molar-refractivity contribution in [2.45, 2.75) is 37.4 Å². The van der Waals surface area contributed by atoms with Crippen molar-refractivity contribution < 1.29 is 14.3 Å². The number of hydrogen-bond donors (Lipinski definition) is 1. The number of likely N-dealkylation sites (tertiary alicyclic amines) is 1. The van der Waals surface area contributed by atoms with Gasteiger partial charge < -0.3 is 15.0 Å². The van der Waals surface area contributed by atoms with Crippen molar-refractivity contribution in [2.75, 3.05) is 19.6 Å². The smallest absolute Gasteiger partial charge is 0.252 e. The summed E-state index contributed by atoms with van der Waals surface area (Å²) in [5, 5.41) is 3.47. The van der Waals surface area contributed by atoms with Gasteiger partial charge in [0.1, 0.15) is 0 Å². The van der Waals surface area contributed by atoms with Crippen LogP contribution in [0.5, 0.6) is 0 Å². The maximum Gasteiger partial charge on any atom is 0.252 e. The topological polar surface area (TPSA) is 71.5 Å². The van der Waals surface area contributed by atoms with E-state index in [2.05, 4.69) is 10.3 Å². The first-order valence-electron chi connectivity index (χ1n) is 9.41. The Labute approximate surface area is 157 Å². The first kappa shape index (κ1) is 16.5. The Morgan fingerprint density at radius 3 is 2.96 bits per heavy atom. The Morgan fingerprint density at radius 2 is 2.19 bits per heavy atom. The van der Waals surface area contributed by atoms with Gasteiger partial charge in [0.15, 0.2) is 0 Å². The van der Waals surface area contributed by atoms with Gasteiger partial charge in [-0.2, -0.15) is 0 Å². The molecule has 0 radical (unpaired) electrons. The summed E-state index contributed by atoms with van der Waals surface area (Å²) in [6.45, 7) is 2.06. The zero-order chi connectivity index (χ0) is 17.9. The number of amides is 2. The Bertz CT molecular complexity index is 768. The van der Waals surface area contributed by atoms with Gasteiger partial charge >= 0.3 is 0 Å². The molecule has 4 heterocycles. The highest BCUT2D eigenvalue weighted by Gasteiger charge is 2.63. The first-order valence-corrected chi connectivity index (χ1v) is 9.79. The molecule has 2 amide bonds. The minimum absolute atomic E-state index is 0.166. The van der Waals surface area contributed by atoms with Crippen LogP contribution in [0.25, 0.3) is 0 Å². The molecule has 1 aliphatic carbocycles. The lowest BCUT2D eigenvalue weighted by molar-refractivity contribution is -0.133. The van der Waals surface area contributed by atoms with Crippen molar-refractivity contribution in [1.29, 1.82) is 0 Å². The molecule has 7 heteroatoms. The summed E-state index contributed by atoms with van der Waals surface area (Å²) >= 11 is 5.92. The van der Waals surface area contributed by atoms with E-state index in [1.807, 2.05) is 4.90 Å². The maximum absolute atomic E-state index is 12.5. The SMILES string of the molecule is O=C(NC[C@H]1[C@H]2CN(C(=O)C3CC3)C[C@]23CC[C@H]1O3)c1cncc(Cl)c1. The van der Waals surface area contributed by atoms with Gasteiger partial charge in [0.2, 0.25) is 5.91 Å². The van der Waals surface area contributed by atoms with Crippen molar-refractivity contribution >= 4 is 23.4 Å². The molecule has 1 N–H and O–H groups in total. The Kier molecular flexibility index (Phi) is 3.76. The molecule has 4 aliphatic rings. The fraction of sp³-hybridized carbons (Fsp3) is 0.632. The lowest BCUT2D eigenvalue weighted by atomic mass is 9.73. The molecule has 6 nitrogen and oxygen atoms in total. The van der Waals surface area contributed by atoms with Crippen LogP contribution in [-0.4, -0.2) is 53.0 Å². The van der Waals surface area contributed by atoms with Crippen molar-refractivity contribution in [1.82, 2.24) is 15.2 Å². The standard InChI is InChI=1S/C19H22ClN3O3/c20-13-5-12(6-21-7-13)17(24)22-8-14-15-9-23(18(25)11-1-2-11)10-19(15)4-3-16(14)26-19/h5-7,11,14-16H,1-4,8-10H2,(H,22,24)/t14-,15+,16+,19+/m0/s1. The van der Waals surface area contributed by atoms with Gasteiger partial charge in [-0.1, -0.05) is 11.6 Å². The van der Waals surface area contributed by atoms with Crippen molar-refractivity contribution in [3.05, 3.63) is 29.0 Å². The molecule has 4 fully saturated rings. The van der Waals surface area contributed by atoms with Crippen LogP contribution >= 0.6 is 11.6 Å². The number of hydrogen-bond acceptors (Lipinski definition) is 4. The highest BCUT2D eigenvalue weighted by Crippen LogP contribution is 2.55. The van der Waals surface area contributed by atoms with E-state index < -0.39 is 0 Å². The second-order valence-electron chi connectivity index (χ2n) is 8.12. The van der Waals surface area contributed by atoms with Gasteiger partial charge in [0, 0.05) is 43.2 Å². The predicted octanol–water partition coefficient (Wildman–Crippen LogP) is 1.88. The second kappa shape index (κ2) is 5.92. The van der Waals surface area contributed by atoms with Crippen LogP contribution in [0.15, 0.2) is 18.5 Å². The van der Waals surface area contributed by atoms with Crippen LogP contribution in [-0.2, 0) is 9.53 Å². The monoisotopic (exact) mass is 375 g/mol. The Balaban J connectivity index is 1.26. The number of nitrogens with one attached hydrogen (secondary N) is 1. The molecule has 3 aliphatic heterocycles. The van der Waals surface area contributed by atoms with Crippen LogP contribution in [0.4, 0.5) is 0 Å². The summed E-state index contributed by atoms with van der Waals surface area (Å²) in [6.07, 6.45) is 7.33. The summed E-state index contributed by atoms with van der Waals surface area (Å²) in [5.41, 5.74) is 0.288. The van der Waals surface area contributed by atoms with E-state index in [0.29, 0.717) is 29.0 Å². The summed E-state index contributed by atoms with van der Waals surface area (Å²) in [5.74, 6) is 0.962. The van der Waals surface area contributed by atoms with E-state index in [9.17, 15) is 9.59 Å². The molecule has 5 rings (SSSR count). The van der Waals surface area contributed by atoms with E-state index >= 15 is 0 Å². The van der Waals surface area contributed by atoms with E-state index in [-0.39, 0.29) is 29.4 Å². The molecule has 3 saturated heterocycles. The number of rotatable bonds is 4. The molecular weight excluding hydrogens is 354 g/mol. The van der Waals surface area contributed by atoms with Gasteiger partial charge in [0.25, 0.3) is 5.91 Å².